The smallest absolute Gasteiger partial charge is 0.222 e. The summed E-state index contributed by atoms with van der Waals surface area (Å²) in [5.74, 6) is 2.08. The predicted molar refractivity (Wildman–Crippen MR) is 119 cm³/mol. The summed E-state index contributed by atoms with van der Waals surface area (Å²) in [6.45, 7) is 2.36. The number of rotatable bonds is 5. The number of fused-ring (bicyclic) bond motifs is 1. The monoisotopic (exact) mass is 409 g/mol. The molecule has 0 saturated carbocycles. The van der Waals surface area contributed by atoms with Crippen LogP contribution in [-0.4, -0.2) is 55.0 Å². The first kappa shape index (κ1) is 19.8. The molecule has 0 radical (unpaired) electrons. The molecule has 2 aromatic heterocycles. The van der Waals surface area contributed by atoms with Gasteiger partial charge in [0.05, 0.1) is 11.9 Å². The average molecular weight is 410 g/mol. The standard InChI is InChI=1S/C22H27N5OS/c1-23-21(28)16-9-11-27(12-10-16)20-19-17(15-7-5-4-6-8-15)14-29-22(19)25-18(24-20)13-26(2)3/h4-8,14,16H,9-13H2,1-3H3,(H,23,28). The van der Waals surface area contributed by atoms with Gasteiger partial charge in [-0.15, -0.1) is 11.3 Å². The Morgan fingerprint density at radius 2 is 1.93 bits per heavy atom. The number of nitrogens with one attached hydrogen (secondary N) is 1. The van der Waals surface area contributed by atoms with Crippen LogP contribution in [0.15, 0.2) is 35.7 Å². The van der Waals surface area contributed by atoms with Gasteiger partial charge in [-0.1, -0.05) is 30.3 Å². The summed E-state index contributed by atoms with van der Waals surface area (Å²) in [6, 6.07) is 10.4. The lowest BCUT2D eigenvalue weighted by Gasteiger charge is -2.32. The van der Waals surface area contributed by atoms with Gasteiger partial charge in [-0.25, -0.2) is 9.97 Å². The molecular formula is C22H27N5OS. The highest BCUT2D eigenvalue weighted by molar-refractivity contribution is 7.17. The van der Waals surface area contributed by atoms with Crippen molar-refractivity contribution in [3.8, 4) is 11.1 Å². The van der Waals surface area contributed by atoms with Crippen LogP contribution in [0, 0.1) is 5.92 Å². The van der Waals surface area contributed by atoms with Crippen molar-refractivity contribution in [2.75, 3.05) is 39.1 Å². The van der Waals surface area contributed by atoms with Crippen molar-refractivity contribution >= 4 is 33.3 Å². The van der Waals surface area contributed by atoms with Crippen molar-refractivity contribution in [2.24, 2.45) is 5.92 Å². The SMILES string of the molecule is CNC(=O)C1CCN(c2nc(CN(C)C)nc3scc(-c4ccccc4)c23)CC1. The molecule has 0 unspecified atom stereocenters. The lowest BCUT2D eigenvalue weighted by atomic mass is 9.95. The van der Waals surface area contributed by atoms with Gasteiger partial charge < -0.3 is 15.1 Å². The van der Waals surface area contributed by atoms with Crippen LogP contribution in [0.2, 0.25) is 0 Å². The first-order chi connectivity index (χ1) is 14.1. The molecule has 0 aliphatic carbocycles. The Morgan fingerprint density at radius 3 is 2.59 bits per heavy atom. The van der Waals surface area contributed by atoms with Gasteiger partial charge in [0.2, 0.25) is 5.91 Å². The summed E-state index contributed by atoms with van der Waals surface area (Å²) < 4.78 is 0. The maximum Gasteiger partial charge on any atom is 0.222 e. The molecule has 0 atom stereocenters. The Morgan fingerprint density at radius 1 is 1.21 bits per heavy atom. The first-order valence-electron chi connectivity index (χ1n) is 10.0. The van der Waals surface area contributed by atoms with Crippen molar-refractivity contribution in [1.29, 1.82) is 0 Å². The number of carbonyl (C=O) groups is 1. The van der Waals surface area contributed by atoms with Gasteiger partial charge >= 0.3 is 0 Å². The Labute approximate surface area is 175 Å². The van der Waals surface area contributed by atoms with Gasteiger partial charge in [-0.05, 0) is 32.5 Å². The zero-order chi connectivity index (χ0) is 20.4. The topological polar surface area (TPSA) is 61.4 Å². The summed E-state index contributed by atoms with van der Waals surface area (Å²) in [4.78, 5) is 27.3. The Hall–Kier alpha value is -2.51. The minimum absolute atomic E-state index is 0.0888. The molecule has 1 N–H and O–H groups in total. The summed E-state index contributed by atoms with van der Waals surface area (Å²) in [5.41, 5.74) is 2.37. The number of benzene rings is 1. The van der Waals surface area contributed by atoms with Crippen LogP contribution in [0.1, 0.15) is 18.7 Å². The van der Waals surface area contributed by atoms with Crippen molar-refractivity contribution < 1.29 is 4.79 Å². The summed E-state index contributed by atoms with van der Waals surface area (Å²) in [7, 11) is 5.78. The fourth-order valence-corrected chi connectivity index (χ4v) is 4.90. The lowest BCUT2D eigenvalue weighted by molar-refractivity contribution is -0.125. The fourth-order valence-electron chi connectivity index (χ4n) is 3.94. The highest BCUT2D eigenvalue weighted by Crippen LogP contribution is 2.39. The number of piperidine rings is 1. The van der Waals surface area contributed by atoms with Gasteiger partial charge in [0, 0.05) is 37.0 Å². The van der Waals surface area contributed by atoms with E-state index in [4.69, 9.17) is 9.97 Å². The minimum Gasteiger partial charge on any atom is -0.359 e. The Kier molecular flexibility index (Phi) is 5.78. The van der Waals surface area contributed by atoms with Crippen LogP contribution in [0.3, 0.4) is 0 Å². The number of hydrogen-bond acceptors (Lipinski definition) is 6. The second-order valence-corrected chi connectivity index (χ2v) is 8.63. The van der Waals surface area contributed by atoms with Crippen LogP contribution >= 0.6 is 11.3 Å². The van der Waals surface area contributed by atoms with E-state index in [0.717, 1.165) is 47.8 Å². The quantitative estimate of drug-likeness (QED) is 0.700. The first-order valence-corrected chi connectivity index (χ1v) is 10.9. The molecule has 4 rings (SSSR count). The van der Waals surface area contributed by atoms with Crippen LogP contribution in [0.25, 0.3) is 21.3 Å². The van der Waals surface area contributed by atoms with E-state index >= 15 is 0 Å². The molecule has 0 bridgehead atoms. The van der Waals surface area contributed by atoms with Crippen molar-refractivity contribution in [3.63, 3.8) is 0 Å². The van der Waals surface area contributed by atoms with E-state index in [-0.39, 0.29) is 11.8 Å². The van der Waals surface area contributed by atoms with E-state index in [1.165, 1.54) is 11.1 Å². The average Bonchev–Trinajstić information content (AvgIpc) is 3.17. The highest BCUT2D eigenvalue weighted by atomic mass is 32.1. The molecule has 1 aliphatic rings. The molecule has 1 fully saturated rings. The zero-order valence-corrected chi connectivity index (χ0v) is 18.0. The maximum absolute atomic E-state index is 12.0. The van der Waals surface area contributed by atoms with Crippen molar-refractivity contribution in [1.82, 2.24) is 20.2 Å². The van der Waals surface area contributed by atoms with Gasteiger partial charge in [0.1, 0.15) is 16.5 Å². The van der Waals surface area contributed by atoms with Crippen LogP contribution < -0.4 is 10.2 Å². The second kappa shape index (κ2) is 8.47. The third-order valence-electron chi connectivity index (χ3n) is 5.41. The van der Waals surface area contributed by atoms with E-state index in [1.54, 1.807) is 18.4 Å². The lowest BCUT2D eigenvalue weighted by Crippen LogP contribution is -2.40. The van der Waals surface area contributed by atoms with Gasteiger partial charge in [-0.3, -0.25) is 4.79 Å². The molecule has 1 saturated heterocycles. The molecule has 6 nitrogen and oxygen atoms in total. The molecule has 1 amide bonds. The number of thiophene rings is 1. The summed E-state index contributed by atoms with van der Waals surface area (Å²) >= 11 is 1.68. The summed E-state index contributed by atoms with van der Waals surface area (Å²) in [6.07, 6.45) is 1.69. The van der Waals surface area contributed by atoms with Crippen molar-refractivity contribution in [2.45, 2.75) is 19.4 Å². The number of nitrogens with zero attached hydrogens (tertiary/aromatic N) is 4. The molecule has 3 aromatic rings. The third-order valence-corrected chi connectivity index (χ3v) is 6.29. The van der Waals surface area contributed by atoms with E-state index < -0.39 is 0 Å². The van der Waals surface area contributed by atoms with Crippen LogP contribution in [0.5, 0.6) is 0 Å². The molecule has 1 aromatic carbocycles. The van der Waals surface area contributed by atoms with E-state index in [1.807, 2.05) is 20.2 Å². The van der Waals surface area contributed by atoms with E-state index in [9.17, 15) is 4.79 Å². The summed E-state index contributed by atoms with van der Waals surface area (Å²) in [5, 5.41) is 6.11. The van der Waals surface area contributed by atoms with Crippen LogP contribution in [0.4, 0.5) is 5.82 Å². The molecule has 1 aliphatic heterocycles. The number of hydrogen-bond donors (Lipinski definition) is 1. The second-order valence-electron chi connectivity index (χ2n) is 7.77. The Balaban J connectivity index is 1.76. The Bertz CT molecular complexity index is 993. The minimum atomic E-state index is 0.0888. The van der Waals surface area contributed by atoms with E-state index in [0.29, 0.717) is 6.54 Å². The largest absolute Gasteiger partial charge is 0.359 e. The third kappa shape index (κ3) is 4.11. The number of aromatic nitrogens is 2. The molecule has 0 spiro atoms. The van der Waals surface area contributed by atoms with Gasteiger partial charge in [-0.2, -0.15) is 0 Å². The maximum atomic E-state index is 12.0. The number of carbonyl (C=O) groups excluding carboxylic acids is 1. The highest BCUT2D eigenvalue weighted by Gasteiger charge is 2.27. The fraction of sp³-hybridized carbons (Fsp3) is 0.409. The van der Waals surface area contributed by atoms with Gasteiger partial charge in [0.25, 0.3) is 0 Å². The molecule has 7 heteroatoms. The van der Waals surface area contributed by atoms with Crippen molar-refractivity contribution in [3.05, 3.63) is 41.5 Å². The molecule has 152 valence electrons. The number of amides is 1. The molecule has 29 heavy (non-hydrogen) atoms. The van der Waals surface area contributed by atoms with E-state index in [2.05, 4.69) is 44.8 Å². The predicted octanol–water partition coefficient (Wildman–Crippen LogP) is 3.38. The zero-order valence-electron chi connectivity index (χ0n) is 17.2. The van der Waals surface area contributed by atoms with Crippen LogP contribution in [-0.2, 0) is 11.3 Å². The number of anilines is 1. The van der Waals surface area contributed by atoms with Gasteiger partial charge in [0.15, 0.2) is 0 Å². The normalized spacial score (nSPS) is 15.2. The molecular weight excluding hydrogens is 382 g/mol. The molecule has 3 heterocycles.